The molecule has 9 heteroatoms. The molecule has 6 fully saturated rings. The zero-order valence-corrected chi connectivity index (χ0v) is 26.2. The summed E-state index contributed by atoms with van der Waals surface area (Å²) in [5.41, 5.74) is -5.23. The van der Waals surface area contributed by atoms with E-state index in [2.05, 4.69) is 13.8 Å². The number of hydrogen-bond acceptors (Lipinski definition) is 9. The average molecular weight is 609 g/mol. The molecule has 0 amide bonds. The first-order valence-electron chi connectivity index (χ1n) is 16.7. The van der Waals surface area contributed by atoms with E-state index in [0.29, 0.717) is 19.3 Å². The third kappa shape index (κ3) is 2.97. The van der Waals surface area contributed by atoms with Crippen LogP contribution in [0.25, 0.3) is 0 Å². The molecule has 0 radical (unpaired) electrons. The third-order valence-electron chi connectivity index (χ3n) is 13.4. The van der Waals surface area contributed by atoms with Crippen molar-refractivity contribution in [3.63, 3.8) is 0 Å². The van der Waals surface area contributed by atoms with Crippen molar-refractivity contribution >= 4 is 17.7 Å². The summed E-state index contributed by atoms with van der Waals surface area (Å²) in [5.74, 6) is -0.618. The number of carbonyl (C=O) groups is 3. The van der Waals surface area contributed by atoms with Crippen LogP contribution in [0.1, 0.15) is 103 Å². The van der Waals surface area contributed by atoms with Crippen LogP contribution in [0, 0.1) is 27.6 Å². The zero-order chi connectivity index (χ0) is 30.9. The fourth-order valence-electron chi connectivity index (χ4n) is 11.7. The van der Waals surface area contributed by atoms with E-state index in [9.17, 15) is 19.5 Å². The van der Waals surface area contributed by atoms with E-state index in [4.69, 9.17) is 23.4 Å². The highest BCUT2D eigenvalue weighted by atomic mass is 16.7. The Morgan fingerprint density at radius 3 is 2.59 bits per heavy atom. The zero-order valence-electron chi connectivity index (χ0n) is 26.2. The van der Waals surface area contributed by atoms with E-state index in [1.807, 2.05) is 32.1 Å². The van der Waals surface area contributed by atoms with Crippen LogP contribution in [0.4, 0.5) is 0 Å². The maximum absolute atomic E-state index is 14.9. The SMILES string of the molecule is CCCCCCCc1occc1[C@@H]1OC(=O)[C@H]2O[C@]23[C@]24CC=C[C@@]5(C(=O)[C@H]2O)C(C)(C)O[C@H]2CC(=O)OC[C@]25[C@H]4CC[C@@]13C. The molecule has 4 aliphatic carbocycles. The number of rotatable bonds is 7. The molecule has 1 aromatic rings. The van der Waals surface area contributed by atoms with Crippen molar-refractivity contribution in [2.75, 3.05) is 6.61 Å². The smallest absolute Gasteiger partial charge is 0.339 e. The molecular weight excluding hydrogens is 564 g/mol. The molecule has 4 spiro atoms. The number of hydrogen-bond donors (Lipinski definition) is 1. The first-order chi connectivity index (χ1) is 21.0. The second kappa shape index (κ2) is 9.07. The van der Waals surface area contributed by atoms with Crippen molar-refractivity contribution in [2.24, 2.45) is 27.6 Å². The predicted molar refractivity (Wildman–Crippen MR) is 155 cm³/mol. The van der Waals surface area contributed by atoms with Crippen LogP contribution in [0.3, 0.4) is 0 Å². The first kappa shape index (κ1) is 28.9. The van der Waals surface area contributed by atoms with Gasteiger partial charge >= 0.3 is 11.9 Å². The Kier molecular flexibility index (Phi) is 5.97. The van der Waals surface area contributed by atoms with Gasteiger partial charge in [0, 0.05) is 22.8 Å². The maximum atomic E-state index is 14.9. The topological polar surface area (TPSA) is 125 Å². The Bertz CT molecular complexity index is 1460. The standard InChI is InChI=1S/C35H44O9/c1-5-6-7-8-9-11-21-20(13-17-40-21)27-31(4)16-12-22-32(35(31)28(44-35)29(39)42-27)14-10-15-34(26(38)25(32)37)30(2,3)43-23-18-24(36)41-19-33(22,23)34/h10,13,15,17,22-23,25,27-28,37H,5-9,11-12,14,16,18-19H2,1-4H3/t22-,23-,25+,27-,28+,31-,32-,33-,34+,35+/m0/s1. The number of Topliss-reactive ketones (excluding diaryl/α,β-unsaturated/α-hetero) is 1. The molecule has 5 heterocycles. The Morgan fingerprint density at radius 1 is 1.00 bits per heavy atom. The van der Waals surface area contributed by atoms with Crippen molar-refractivity contribution in [3.8, 4) is 0 Å². The van der Waals surface area contributed by atoms with Gasteiger partial charge in [0.05, 0.1) is 35.2 Å². The molecule has 0 aromatic carbocycles. The molecule has 4 aliphatic heterocycles. The molecule has 4 saturated heterocycles. The van der Waals surface area contributed by atoms with Gasteiger partial charge in [-0.05, 0) is 51.5 Å². The number of aryl methyl sites for hydroxylation is 1. The van der Waals surface area contributed by atoms with Gasteiger partial charge in [-0.3, -0.25) is 9.59 Å². The van der Waals surface area contributed by atoms with Crippen LogP contribution in [-0.4, -0.2) is 58.9 Å². The number of esters is 2. The highest BCUT2D eigenvalue weighted by Gasteiger charge is 2.94. The Morgan fingerprint density at radius 2 is 1.80 bits per heavy atom. The monoisotopic (exact) mass is 608 g/mol. The average Bonchev–Trinajstić information content (AvgIpc) is 3.61. The number of aliphatic hydroxyl groups excluding tert-OH is 1. The summed E-state index contributed by atoms with van der Waals surface area (Å²) in [6, 6.07) is 1.91. The van der Waals surface area contributed by atoms with Crippen LogP contribution in [0.2, 0.25) is 0 Å². The second-order valence-electron chi connectivity index (χ2n) is 15.3. The fraction of sp³-hybridized carbons (Fsp3) is 0.743. The molecule has 9 rings (SSSR count). The van der Waals surface area contributed by atoms with Crippen molar-refractivity contribution < 1.29 is 42.9 Å². The van der Waals surface area contributed by atoms with E-state index in [1.165, 1.54) is 19.3 Å². The largest absolute Gasteiger partial charge is 0.469 e. The first-order valence-corrected chi connectivity index (χ1v) is 16.7. The number of fused-ring (bicyclic) bond motifs is 2. The summed E-state index contributed by atoms with van der Waals surface area (Å²) in [5, 5.41) is 12.4. The van der Waals surface area contributed by atoms with Gasteiger partial charge in [-0.2, -0.15) is 0 Å². The molecule has 2 bridgehead atoms. The molecule has 1 N–H and O–H groups in total. The summed E-state index contributed by atoms with van der Waals surface area (Å²) >= 11 is 0. The molecule has 2 saturated carbocycles. The number of aliphatic hydroxyl groups is 1. The number of unbranched alkanes of at least 4 members (excludes halogenated alkanes) is 4. The normalized spacial score (nSPS) is 47.5. The number of ether oxygens (including phenoxy) is 4. The molecule has 9 nitrogen and oxygen atoms in total. The van der Waals surface area contributed by atoms with Gasteiger partial charge in [0.25, 0.3) is 0 Å². The number of cyclic esters (lactones) is 2. The predicted octanol–water partition coefficient (Wildman–Crippen LogP) is 4.93. The number of carbonyl (C=O) groups excluding carboxylic acids is 3. The molecule has 238 valence electrons. The van der Waals surface area contributed by atoms with Gasteiger partial charge in [-0.15, -0.1) is 0 Å². The molecule has 44 heavy (non-hydrogen) atoms. The highest BCUT2D eigenvalue weighted by Crippen LogP contribution is 2.84. The number of ketones is 1. The van der Waals surface area contributed by atoms with Crippen molar-refractivity contribution in [3.05, 3.63) is 35.8 Å². The minimum atomic E-state index is -1.40. The molecule has 10 atom stereocenters. The van der Waals surface area contributed by atoms with Gasteiger partial charge < -0.3 is 28.5 Å². The Hall–Kier alpha value is -2.49. The lowest BCUT2D eigenvalue weighted by Gasteiger charge is -2.68. The van der Waals surface area contributed by atoms with Crippen molar-refractivity contribution in [2.45, 2.75) is 128 Å². The van der Waals surface area contributed by atoms with Crippen molar-refractivity contribution in [1.82, 2.24) is 0 Å². The summed E-state index contributed by atoms with van der Waals surface area (Å²) in [6.45, 7) is 8.12. The van der Waals surface area contributed by atoms with Gasteiger partial charge in [0.1, 0.15) is 30.2 Å². The van der Waals surface area contributed by atoms with E-state index >= 15 is 0 Å². The van der Waals surface area contributed by atoms with Crippen LogP contribution in [0.5, 0.6) is 0 Å². The van der Waals surface area contributed by atoms with Crippen molar-refractivity contribution in [1.29, 1.82) is 0 Å². The molecule has 1 aromatic heterocycles. The van der Waals surface area contributed by atoms with Crippen LogP contribution in [0.15, 0.2) is 28.9 Å². The summed E-state index contributed by atoms with van der Waals surface area (Å²) in [4.78, 5) is 41.3. The van der Waals surface area contributed by atoms with E-state index < -0.39 is 63.2 Å². The minimum Gasteiger partial charge on any atom is -0.469 e. The van der Waals surface area contributed by atoms with Crippen LogP contribution >= 0.6 is 0 Å². The van der Waals surface area contributed by atoms with Gasteiger partial charge in [0.15, 0.2) is 11.9 Å². The van der Waals surface area contributed by atoms with Gasteiger partial charge in [0.2, 0.25) is 0 Å². The molecule has 0 unspecified atom stereocenters. The Labute approximate surface area is 258 Å². The maximum Gasteiger partial charge on any atom is 0.339 e. The minimum absolute atomic E-state index is 0.0321. The summed E-state index contributed by atoms with van der Waals surface area (Å²) in [7, 11) is 0. The third-order valence-corrected chi connectivity index (χ3v) is 13.4. The molecular formula is C35H44O9. The second-order valence-corrected chi connectivity index (χ2v) is 15.3. The van der Waals surface area contributed by atoms with Crippen LogP contribution < -0.4 is 0 Å². The summed E-state index contributed by atoms with van der Waals surface area (Å²) in [6.07, 6.45) is 10.2. The lowest BCUT2D eigenvalue weighted by Crippen LogP contribution is -2.79. The fourth-order valence-corrected chi connectivity index (χ4v) is 11.7. The quantitative estimate of drug-likeness (QED) is 0.199. The number of furan rings is 1. The highest BCUT2D eigenvalue weighted by molar-refractivity contribution is 5.97. The lowest BCUT2D eigenvalue weighted by atomic mass is 9.33. The van der Waals surface area contributed by atoms with Gasteiger partial charge in [-0.25, -0.2) is 4.79 Å². The van der Waals surface area contributed by atoms with Gasteiger partial charge in [-0.1, -0.05) is 51.7 Å². The van der Waals surface area contributed by atoms with Crippen LogP contribution in [-0.2, 0) is 39.8 Å². The Balaban J connectivity index is 1.26. The van der Waals surface area contributed by atoms with E-state index in [-0.39, 0.29) is 30.7 Å². The lowest BCUT2D eigenvalue weighted by molar-refractivity contribution is -0.262. The number of allylic oxidation sites excluding steroid dienone is 1. The summed E-state index contributed by atoms with van der Waals surface area (Å²) < 4.78 is 31.4. The van der Waals surface area contributed by atoms with E-state index in [1.54, 1.807) is 6.26 Å². The molecule has 8 aliphatic rings. The number of epoxide rings is 1. The van der Waals surface area contributed by atoms with E-state index in [0.717, 1.165) is 30.6 Å².